The van der Waals surface area contributed by atoms with E-state index < -0.39 is 5.97 Å². The van der Waals surface area contributed by atoms with Gasteiger partial charge in [-0.25, -0.2) is 4.79 Å². The third kappa shape index (κ3) is 3.75. The molecular weight excluding hydrogens is 358 g/mol. The molecule has 0 saturated heterocycles. The Morgan fingerprint density at radius 3 is 2.71 bits per heavy atom. The van der Waals surface area contributed by atoms with E-state index >= 15 is 0 Å². The molecule has 0 amide bonds. The Morgan fingerprint density at radius 2 is 2.10 bits per heavy atom. The number of carbonyl (C=O) groups is 1. The fourth-order valence-corrected chi connectivity index (χ4v) is 2.23. The van der Waals surface area contributed by atoms with Crippen molar-refractivity contribution >= 4 is 33.5 Å². The molecule has 6 heteroatoms. The molecule has 0 fully saturated rings. The summed E-state index contributed by atoms with van der Waals surface area (Å²) in [7, 11) is 0. The van der Waals surface area contributed by atoms with Crippen LogP contribution in [-0.4, -0.2) is 11.1 Å². The molecule has 4 nitrogen and oxygen atoms in total. The maximum absolute atomic E-state index is 10.9. The lowest BCUT2D eigenvalue weighted by atomic mass is 10.1. The van der Waals surface area contributed by atoms with Crippen molar-refractivity contribution in [1.29, 1.82) is 5.26 Å². The van der Waals surface area contributed by atoms with Gasteiger partial charge < -0.3 is 9.84 Å². The van der Waals surface area contributed by atoms with Gasteiger partial charge in [0.2, 0.25) is 0 Å². The van der Waals surface area contributed by atoms with Crippen molar-refractivity contribution in [2.75, 3.05) is 0 Å². The van der Waals surface area contributed by atoms with E-state index in [0.29, 0.717) is 26.4 Å². The van der Waals surface area contributed by atoms with E-state index in [0.717, 1.165) is 0 Å². The van der Waals surface area contributed by atoms with Crippen LogP contribution in [0.2, 0.25) is 5.02 Å². The quantitative estimate of drug-likeness (QED) is 0.878. The summed E-state index contributed by atoms with van der Waals surface area (Å²) in [6.07, 6.45) is 0. The lowest BCUT2D eigenvalue weighted by molar-refractivity contribution is 0.0696. The molecule has 0 heterocycles. The Labute approximate surface area is 134 Å². The molecular formula is C15H9BrClNO3. The van der Waals surface area contributed by atoms with Gasteiger partial charge in [-0.2, -0.15) is 5.26 Å². The van der Waals surface area contributed by atoms with Crippen LogP contribution in [0.4, 0.5) is 0 Å². The van der Waals surface area contributed by atoms with E-state index in [1.54, 1.807) is 24.3 Å². The topological polar surface area (TPSA) is 70.3 Å². The van der Waals surface area contributed by atoms with Gasteiger partial charge in [-0.15, -0.1) is 0 Å². The van der Waals surface area contributed by atoms with Crippen molar-refractivity contribution in [1.82, 2.24) is 0 Å². The number of nitrogens with zero attached hydrogens (tertiary/aromatic N) is 1. The number of benzene rings is 2. The highest BCUT2D eigenvalue weighted by Gasteiger charge is 2.09. The van der Waals surface area contributed by atoms with Crippen LogP contribution >= 0.6 is 27.5 Å². The predicted octanol–water partition coefficient (Wildman–Crippen LogP) is 4.25. The minimum Gasteiger partial charge on any atom is -0.488 e. The number of aromatic carboxylic acids is 1. The molecule has 21 heavy (non-hydrogen) atoms. The number of nitriles is 1. The number of rotatable bonds is 4. The van der Waals surface area contributed by atoms with Gasteiger partial charge in [-0.3, -0.25) is 0 Å². The normalized spacial score (nSPS) is 9.95. The number of carboxylic acid groups (broad SMARTS) is 1. The first-order valence-electron chi connectivity index (χ1n) is 5.85. The smallest absolute Gasteiger partial charge is 0.335 e. The minimum atomic E-state index is -1.02. The van der Waals surface area contributed by atoms with Crippen LogP contribution in [0.5, 0.6) is 5.75 Å². The van der Waals surface area contributed by atoms with E-state index in [1.165, 1.54) is 12.1 Å². The standard InChI is InChI=1S/C15H9BrClNO3/c16-12-4-3-10(15(19)20)6-14(12)21-8-11-2-1-9(7-18)5-13(11)17/h1-6H,8H2,(H,19,20). The zero-order valence-electron chi connectivity index (χ0n) is 10.6. The zero-order valence-corrected chi connectivity index (χ0v) is 13.0. The van der Waals surface area contributed by atoms with Crippen LogP contribution in [0.1, 0.15) is 21.5 Å². The first-order chi connectivity index (χ1) is 10.0. The van der Waals surface area contributed by atoms with E-state index in [1.807, 2.05) is 6.07 Å². The van der Waals surface area contributed by atoms with E-state index in [-0.39, 0.29) is 12.2 Å². The van der Waals surface area contributed by atoms with Crippen molar-refractivity contribution in [3.63, 3.8) is 0 Å². The molecule has 0 saturated carbocycles. The first kappa shape index (κ1) is 15.4. The highest BCUT2D eigenvalue weighted by atomic mass is 79.9. The molecule has 2 aromatic carbocycles. The van der Waals surface area contributed by atoms with Gasteiger partial charge in [0.15, 0.2) is 0 Å². The Balaban J connectivity index is 2.18. The Bertz CT molecular complexity index is 740. The van der Waals surface area contributed by atoms with Crippen molar-refractivity contribution < 1.29 is 14.6 Å². The second-order valence-electron chi connectivity index (χ2n) is 4.16. The van der Waals surface area contributed by atoms with Crippen LogP contribution in [0.25, 0.3) is 0 Å². The van der Waals surface area contributed by atoms with Crippen LogP contribution < -0.4 is 4.74 Å². The largest absolute Gasteiger partial charge is 0.488 e. The highest BCUT2D eigenvalue weighted by Crippen LogP contribution is 2.28. The summed E-state index contributed by atoms with van der Waals surface area (Å²) in [4.78, 5) is 10.9. The number of ether oxygens (including phenoxy) is 1. The van der Waals surface area contributed by atoms with Gasteiger partial charge in [0.05, 0.1) is 21.7 Å². The maximum Gasteiger partial charge on any atom is 0.335 e. The summed E-state index contributed by atoms with van der Waals surface area (Å²) in [5, 5.41) is 18.2. The minimum absolute atomic E-state index is 0.138. The molecule has 1 N–H and O–H groups in total. The molecule has 0 spiro atoms. The second-order valence-corrected chi connectivity index (χ2v) is 5.42. The van der Waals surface area contributed by atoms with Crippen molar-refractivity contribution in [2.45, 2.75) is 6.61 Å². The summed E-state index contributed by atoms with van der Waals surface area (Å²) >= 11 is 9.36. The molecule has 0 aliphatic heterocycles. The molecule has 2 rings (SSSR count). The monoisotopic (exact) mass is 365 g/mol. The number of carboxylic acids is 1. The molecule has 0 aromatic heterocycles. The third-order valence-corrected chi connectivity index (χ3v) is 3.75. The van der Waals surface area contributed by atoms with Gasteiger partial charge >= 0.3 is 5.97 Å². The molecule has 0 atom stereocenters. The zero-order chi connectivity index (χ0) is 15.4. The number of hydrogen-bond acceptors (Lipinski definition) is 3. The number of halogens is 2. The van der Waals surface area contributed by atoms with Gasteiger partial charge in [0, 0.05) is 10.6 Å². The molecule has 0 unspecified atom stereocenters. The van der Waals surface area contributed by atoms with Crippen LogP contribution in [0.15, 0.2) is 40.9 Å². The Hall–Kier alpha value is -2.03. The van der Waals surface area contributed by atoms with Crippen LogP contribution in [0.3, 0.4) is 0 Å². The van der Waals surface area contributed by atoms with Crippen LogP contribution in [0, 0.1) is 11.3 Å². The average molecular weight is 367 g/mol. The highest BCUT2D eigenvalue weighted by molar-refractivity contribution is 9.10. The lowest BCUT2D eigenvalue weighted by Gasteiger charge is -2.10. The lowest BCUT2D eigenvalue weighted by Crippen LogP contribution is -2.00. The third-order valence-electron chi connectivity index (χ3n) is 2.74. The Morgan fingerprint density at radius 1 is 1.33 bits per heavy atom. The van der Waals surface area contributed by atoms with E-state index in [9.17, 15) is 4.79 Å². The predicted molar refractivity (Wildman–Crippen MR) is 81.6 cm³/mol. The fourth-order valence-electron chi connectivity index (χ4n) is 1.64. The van der Waals surface area contributed by atoms with E-state index in [4.69, 9.17) is 26.7 Å². The summed E-state index contributed by atoms with van der Waals surface area (Å²) in [5.41, 5.74) is 1.32. The van der Waals surface area contributed by atoms with Crippen LogP contribution in [-0.2, 0) is 6.61 Å². The molecule has 0 radical (unpaired) electrons. The maximum atomic E-state index is 10.9. The van der Waals surface area contributed by atoms with Crippen molar-refractivity contribution in [3.05, 3.63) is 62.6 Å². The first-order valence-corrected chi connectivity index (χ1v) is 7.02. The molecule has 0 aliphatic rings. The summed E-state index contributed by atoms with van der Waals surface area (Å²) in [6, 6.07) is 11.4. The van der Waals surface area contributed by atoms with Gasteiger partial charge in [-0.05, 0) is 46.3 Å². The van der Waals surface area contributed by atoms with Gasteiger partial charge in [0.25, 0.3) is 0 Å². The summed E-state index contributed by atoms with van der Waals surface area (Å²) < 4.78 is 6.24. The molecule has 0 aliphatic carbocycles. The van der Waals surface area contributed by atoms with Gasteiger partial charge in [-0.1, -0.05) is 17.7 Å². The summed E-state index contributed by atoms with van der Waals surface area (Å²) in [6.45, 7) is 0.173. The molecule has 106 valence electrons. The molecule has 2 aromatic rings. The van der Waals surface area contributed by atoms with Gasteiger partial charge in [0.1, 0.15) is 12.4 Å². The fraction of sp³-hybridized carbons (Fsp3) is 0.0667. The Kier molecular flexibility index (Phi) is 4.84. The van der Waals surface area contributed by atoms with Crippen molar-refractivity contribution in [2.24, 2.45) is 0 Å². The van der Waals surface area contributed by atoms with E-state index in [2.05, 4.69) is 15.9 Å². The van der Waals surface area contributed by atoms with Crippen molar-refractivity contribution in [3.8, 4) is 11.8 Å². The average Bonchev–Trinajstić information content (AvgIpc) is 2.47. The second kappa shape index (κ2) is 6.61. The number of hydrogen-bond donors (Lipinski definition) is 1. The summed E-state index contributed by atoms with van der Waals surface area (Å²) in [5.74, 6) is -0.612. The molecule has 0 bridgehead atoms. The SMILES string of the molecule is N#Cc1ccc(COc2cc(C(=O)O)ccc2Br)c(Cl)c1.